The molecule has 25 heavy (non-hydrogen) atoms. The second-order valence-corrected chi connectivity index (χ2v) is 6.81. The van der Waals surface area contributed by atoms with Crippen molar-refractivity contribution in [2.75, 3.05) is 6.26 Å². The monoisotopic (exact) mass is 352 g/mol. The smallest absolute Gasteiger partial charge is 0.234 e. The number of hydrogen-bond donors (Lipinski definition) is 0. The summed E-state index contributed by atoms with van der Waals surface area (Å²) in [6.45, 7) is 0. The molecule has 0 aliphatic carbocycles. The molecule has 7 heteroatoms. The number of pyridine rings is 1. The Morgan fingerprint density at radius 1 is 1.08 bits per heavy atom. The third-order valence-electron chi connectivity index (χ3n) is 3.86. The number of aromatic nitrogens is 4. The Bertz CT molecular complexity index is 1090. The Morgan fingerprint density at radius 2 is 1.84 bits per heavy atom. The van der Waals surface area contributed by atoms with E-state index in [2.05, 4.69) is 15.0 Å². The lowest BCUT2D eigenvalue weighted by Gasteiger charge is -2.04. The molecule has 1 aromatic carbocycles. The van der Waals surface area contributed by atoms with Gasteiger partial charge < -0.3 is 0 Å². The molecule has 5 nitrogen and oxygen atoms in total. The summed E-state index contributed by atoms with van der Waals surface area (Å²) in [5.41, 5.74) is 1.97. The van der Waals surface area contributed by atoms with Crippen molar-refractivity contribution < 1.29 is 8.60 Å². The van der Waals surface area contributed by atoms with Crippen molar-refractivity contribution in [2.24, 2.45) is 0 Å². The molecule has 1 atom stereocenters. The number of halogens is 1. The minimum absolute atomic E-state index is 0.361. The lowest BCUT2D eigenvalue weighted by Crippen LogP contribution is -2.00. The van der Waals surface area contributed by atoms with Crippen LogP contribution in [0.5, 0.6) is 0 Å². The Balaban J connectivity index is 1.81. The second kappa shape index (κ2) is 6.18. The number of nitrogens with zero attached hydrogens (tertiary/aromatic N) is 4. The highest BCUT2D eigenvalue weighted by Gasteiger charge is 2.13. The van der Waals surface area contributed by atoms with Gasteiger partial charge in [0.2, 0.25) is 5.95 Å². The molecule has 124 valence electrons. The third kappa shape index (κ3) is 2.83. The van der Waals surface area contributed by atoms with Gasteiger partial charge in [-0.25, -0.2) is 14.4 Å². The van der Waals surface area contributed by atoms with Crippen molar-refractivity contribution in [2.45, 2.75) is 4.90 Å². The van der Waals surface area contributed by atoms with E-state index < -0.39 is 10.8 Å². The highest BCUT2D eigenvalue weighted by molar-refractivity contribution is 7.84. The van der Waals surface area contributed by atoms with Crippen LogP contribution in [0.3, 0.4) is 0 Å². The summed E-state index contributed by atoms with van der Waals surface area (Å²) in [5, 5.41) is 0.905. The van der Waals surface area contributed by atoms with Crippen LogP contribution in [0.1, 0.15) is 0 Å². The number of fused-ring (bicyclic) bond motifs is 1. The average molecular weight is 352 g/mol. The Hall–Kier alpha value is -2.93. The molecule has 3 heterocycles. The maximum Gasteiger partial charge on any atom is 0.234 e. The van der Waals surface area contributed by atoms with Gasteiger partial charge in [-0.3, -0.25) is 13.8 Å². The predicted octanol–water partition coefficient (Wildman–Crippen LogP) is 3.36. The molecule has 0 bridgehead atoms. The molecule has 4 aromatic rings. The first-order valence-corrected chi connectivity index (χ1v) is 9.07. The van der Waals surface area contributed by atoms with Crippen molar-refractivity contribution in [1.82, 2.24) is 19.5 Å². The van der Waals surface area contributed by atoms with Crippen LogP contribution in [-0.4, -0.2) is 30.0 Å². The van der Waals surface area contributed by atoms with E-state index in [-0.39, 0.29) is 5.82 Å². The molecule has 0 radical (unpaired) electrons. The molecule has 4 rings (SSSR count). The molecule has 0 aliphatic rings. The number of para-hydroxylation sites is 1. The fourth-order valence-corrected chi connectivity index (χ4v) is 3.42. The van der Waals surface area contributed by atoms with E-state index in [9.17, 15) is 8.60 Å². The zero-order valence-electron chi connectivity index (χ0n) is 13.3. The fourth-order valence-electron chi connectivity index (χ4n) is 2.68. The highest BCUT2D eigenvalue weighted by atomic mass is 32.2. The Labute approximate surface area is 145 Å². The molecule has 0 fully saturated rings. The normalized spacial score (nSPS) is 12.4. The standard InChI is InChI=1S/C18H13FN4OS/c1-25(24)17-11-23(16-5-3-2-4-14(16)17)18-21-9-12(10-22-18)15-8-13(19)6-7-20-15/h2-11H,1H3. The number of benzene rings is 1. The molecule has 0 spiro atoms. The maximum atomic E-state index is 13.3. The summed E-state index contributed by atoms with van der Waals surface area (Å²) in [6.07, 6.45) is 8.03. The second-order valence-electron chi connectivity index (χ2n) is 5.47. The van der Waals surface area contributed by atoms with Gasteiger partial charge in [0.25, 0.3) is 0 Å². The number of hydrogen-bond acceptors (Lipinski definition) is 4. The molecular weight excluding hydrogens is 339 g/mol. The SMILES string of the molecule is CS(=O)c1cn(-c2ncc(-c3cc(F)ccn3)cn2)c2ccccc12. The summed E-state index contributed by atoms with van der Waals surface area (Å²) >= 11 is 0. The van der Waals surface area contributed by atoms with Crippen LogP contribution in [0.15, 0.2) is 66.1 Å². The van der Waals surface area contributed by atoms with E-state index in [1.54, 1.807) is 29.4 Å². The minimum atomic E-state index is -1.12. The van der Waals surface area contributed by atoms with Gasteiger partial charge in [0.15, 0.2) is 0 Å². The summed E-state index contributed by atoms with van der Waals surface area (Å²) < 4.78 is 27.1. The molecular formula is C18H13FN4OS. The topological polar surface area (TPSA) is 60.7 Å². The van der Waals surface area contributed by atoms with Gasteiger partial charge in [-0.15, -0.1) is 0 Å². The molecule has 1 unspecified atom stereocenters. The van der Waals surface area contributed by atoms with Crippen LogP contribution in [-0.2, 0) is 10.8 Å². The molecule has 0 amide bonds. The van der Waals surface area contributed by atoms with E-state index in [1.807, 2.05) is 24.3 Å². The van der Waals surface area contributed by atoms with E-state index in [1.165, 1.54) is 18.3 Å². The first-order chi connectivity index (χ1) is 12.1. The van der Waals surface area contributed by atoms with Gasteiger partial charge in [0.05, 0.1) is 26.9 Å². The maximum absolute atomic E-state index is 13.3. The first-order valence-electron chi connectivity index (χ1n) is 7.51. The lowest BCUT2D eigenvalue weighted by molar-refractivity contribution is 0.626. The van der Waals surface area contributed by atoms with Crippen LogP contribution >= 0.6 is 0 Å². The first kappa shape index (κ1) is 15.6. The number of rotatable bonds is 3. The largest absolute Gasteiger partial charge is 0.284 e. The van der Waals surface area contributed by atoms with E-state index in [0.29, 0.717) is 17.2 Å². The van der Waals surface area contributed by atoms with Crippen LogP contribution in [0.4, 0.5) is 4.39 Å². The van der Waals surface area contributed by atoms with E-state index in [0.717, 1.165) is 15.8 Å². The van der Waals surface area contributed by atoms with Crippen molar-refractivity contribution in [3.8, 4) is 17.2 Å². The van der Waals surface area contributed by atoms with Crippen molar-refractivity contribution in [1.29, 1.82) is 0 Å². The minimum Gasteiger partial charge on any atom is -0.284 e. The van der Waals surface area contributed by atoms with Gasteiger partial charge in [-0.2, -0.15) is 0 Å². The zero-order valence-corrected chi connectivity index (χ0v) is 14.1. The molecule has 0 N–H and O–H groups in total. The van der Waals surface area contributed by atoms with Crippen molar-refractivity contribution in [3.63, 3.8) is 0 Å². The van der Waals surface area contributed by atoms with Crippen LogP contribution in [0, 0.1) is 5.82 Å². The summed E-state index contributed by atoms with van der Waals surface area (Å²) in [6, 6.07) is 10.3. The summed E-state index contributed by atoms with van der Waals surface area (Å²) in [7, 11) is -1.12. The highest BCUT2D eigenvalue weighted by Crippen LogP contribution is 2.26. The van der Waals surface area contributed by atoms with Crippen LogP contribution < -0.4 is 0 Å². The molecule has 0 aliphatic heterocycles. The summed E-state index contributed by atoms with van der Waals surface area (Å²) in [5.74, 6) is 0.0913. The average Bonchev–Trinajstić information content (AvgIpc) is 3.02. The fraction of sp³-hybridized carbons (Fsp3) is 0.0556. The predicted molar refractivity (Wildman–Crippen MR) is 94.4 cm³/mol. The van der Waals surface area contributed by atoms with Crippen molar-refractivity contribution in [3.05, 3.63) is 67.0 Å². The van der Waals surface area contributed by atoms with E-state index >= 15 is 0 Å². The van der Waals surface area contributed by atoms with Crippen LogP contribution in [0.25, 0.3) is 28.1 Å². The molecule has 3 aromatic heterocycles. The van der Waals surface area contributed by atoms with E-state index in [4.69, 9.17) is 0 Å². The third-order valence-corrected chi connectivity index (χ3v) is 4.80. The Kier molecular flexibility index (Phi) is 3.85. The van der Waals surface area contributed by atoms with Gasteiger partial charge >= 0.3 is 0 Å². The van der Waals surface area contributed by atoms with Gasteiger partial charge in [-0.05, 0) is 12.1 Å². The van der Waals surface area contributed by atoms with Gasteiger partial charge in [-0.1, -0.05) is 18.2 Å². The molecule has 0 saturated carbocycles. The van der Waals surface area contributed by atoms with Crippen molar-refractivity contribution >= 4 is 21.7 Å². The Morgan fingerprint density at radius 3 is 2.56 bits per heavy atom. The zero-order chi connectivity index (χ0) is 17.4. The van der Waals surface area contributed by atoms with Gasteiger partial charge in [0.1, 0.15) is 5.82 Å². The van der Waals surface area contributed by atoms with Gasteiger partial charge in [0, 0.05) is 48.1 Å². The lowest BCUT2D eigenvalue weighted by atomic mass is 10.2. The molecule has 0 saturated heterocycles. The quantitative estimate of drug-likeness (QED) is 0.567. The van der Waals surface area contributed by atoms with Crippen LogP contribution in [0.2, 0.25) is 0 Å². The summed E-state index contributed by atoms with van der Waals surface area (Å²) in [4.78, 5) is 13.6.